The third kappa shape index (κ3) is 4.07. The molecule has 1 aromatic heterocycles. The van der Waals surface area contributed by atoms with E-state index in [-0.39, 0.29) is 0 Å². The van der Waals surface area contributed by atoms with E-state index in [1.165, 1.54) is 20.3 Å². The zero-order chi connectivity index (χ0) is 18.5. The Hall–Kier alpha value is -2.56. The standard InChI is InChI=1S/C23H20N2S2/c1-2-25-19-13-9-11-15-21(19)27-23(25)17-7-5-3-4-6-16-22-24-18-12-8-10-14-20(18)26-22/h3-17H,2H2,1H3/b4-3+,7-5+,16-6+,23-17+. The number of benzene rings is 2. The van der Waals surface area contributed by atoms with E-state index in [9.17, 15) is 0 Å². The fraction of sp³-hybridized carbons (Fsp3) is 0.0870. The van der Waals surface area contributed by atoms with Crippen molar-refractivity contribution in [2.45, 2.75) is 11.8 Å². The summed E-state index contributed by atoms with van der Waals surface area (Å²) in [4.78, 5) is 8.27. The van der Waals surface area contributed by atoms with E-state index in [0.29, 0.717) is 0 Å². The summed E-state index contributed by atoms with van der Waals surface area (Å²) in [5, 5.41) is 2.30. The van der Waals surface area contributed by atoms with Crippen LogP contribution in [-0.4, -0.2) is 11.5 Å². The molecular formula is C23H20N2S2. The molecule has 0 fully saturated rings. The van der Waals surface area contributed by atoms with Crippen LogP contribution in [0.15, 0.2) is 94.9 Å². The Morgan fingerprint density at radius 1 is 0.926 bits per heavy atom. The third-order valence-electron chi connectivity index (χ3n) is 4.19. The SMILES string of the molecule is CCN1\C(=C/C=C/C=C/C=C/c2nc3ccccc3s2)Sc2ccccc21. The summed E-state index contributed by atoms with van der Waals surface area (Å²) < 4.78 is 1.23. The summed E-state index contributed by atoms with van der Waals surface area (Å²) in [7, 11) is 0. The zero-order valence-corrected chi connectivity index (χ0v) is 16.7. The lowest BCUT2D eigenvalue weighted by atomic mass is 10.3. The van der Waals surface area contributed by atoms with Gasteiger partial charge in [0.1, 0.15) is 5.01 Å². The average molecular weight is 389 g/mol. The largest absolute Gasteiger partial charge is 0.335 e. The van der Waals surface area contributed by atoms with Gasteiger partial charge in [0.05, 0.1) is 20.9 Å². The fourth-order valence-corrected chi connectivity index (χ4v) is 4.95. The minimum absolute atomic E-state index is 0.977. The molecule has 134 valence electrons. The Kier molecular flexibility index (Phi) is 5.56. The minimum Gasteiger partial charge on any atom is -0.335 e. The molecule has 0 unspecified atom stereocenters. The number of nitrogens with zero attached hydrogens (tertiary/aromatic N) is 2. The summed E-state index contributed by atoms with van der Waals surface area (Å²) in [5.74, 6) is 0. The summed E-state index contributed by atoms with van der Waals surface area (Å²) in [6.07, 6.45) is 14.5. The van der Waals surface area contributed by atoms with Gasteiger partial charge in [0.25, 0.3) is 0 Å². The second-order valence-corrected chi connectivity index (χ2v) is 8.09. The molecule has 0 aliphatic carbocycles. The van der Waals surface area contributed by atoms with Crippen LogP contribution < -0.4 is 4.90 Å². The zero-order valence-electron chi connectivity index (χ0n) is 15.1. The minimum atomic E-state index is 0.977. The molecule has 2 heterocycles. The molecule has 0 N–H and O–H groups in total. The maximum absolute atomic E-state index is 4.60. The number of thiazole rings is 1. The van der Waals surface area contributed by atoms with E-state index >= 15 is 0 Å². The highest BCUT2D eigenvalue weighted by Gasteiger charge is 2.22. The number of hydrogen-bond donors (Lipinski definition) is 0. The molecule has 0 saturated heterocycles. The van der Waals surface area contributed by atoms with Crippen molar-refractivity contribution in [2.24, 2.45) is 0 Å². The number of rotatable bonds is 5. The number of aromatic nitrogens is 1. The van der Waals surface area contributed by atoms with Gasteiger partial charge in [-0.25, -0.2) is 4.98 Å². The number of thioether (sulfide) groups is 1. The average Bonchev–Trinajstić information content (AvgIpc) is 3.27. The smallest absolute Gasteiger partial charge is 0.117 e. The Morgan fingerprint density at radius 2 is 1.70 bits per heavy atom. The van der Waals surface area contributed by atoms with E-state index in [4.69, 9.17) is 0 Å². The van der Waals surface area contributed by atoms with E-state index in [0.717, 1.165) is 17.1 Å². The predicted molar refractivity (Wildman–Crippen MR) is 120 cm³/mol. The van der Waals surface area contributed by atoms with Crippen molar-refractivity contribution in [3.05, 3.63) is 95.0 Å². The van der Waals surface area contributed by atoms with Crippen molar-refractivity contribution in [1.29, 1.82) is 0 Å². The Balaban J connectivity index is 1.37. The van der Waals surface area contributed by atoms with Crippen LogP contribution in [0.2, 0.25) is 0 Å². The van der Waals surface area contributed by atoms with Gasteiger partial charge < -0.3 is 4.90 Å². The molecule has 1 aliphatic rings. The lowest BCUT2D eigenvalue weighted by Crippen LogP contribution is -2.16. The molecule has 1 aliphatic heterocycles. The first-order chi connectivity index (χ1) is 13.3. The first kappa shape index (κ1) is 17.8. The van der Waals surface area contributed by atoms with Crippen LogP contribution in [0.4, 0.5) is 5.69 Å². The third-order valence-corrected chi connectivity index (χ3v) is 6.32. The molecular weight excluding hydrogens is 368 g/mol. The van der Waals surface area contributed by atoms with Crippen LogP contribution in [0, 0.1) is 0 Å². The molecule has 0 amide bonds. The first-order valence-electron chi connectivity index (χ1n) is 8.97. The monoisotopic (exact) mass is 388 g/mol. The second kappa shape index (κ2) is 8.42. The Morgan fingerprint density at radius 3 is 2.59 bits per heavy atom. The highest BCUT2D eigenvalue weighted by molar-refractivity contribution is 8.03. The van der Waals surface area contributed by atoms with Gasteiger partial charge in [-0.05, 0) is 43.3 Å². The van der Waals surface area contributed by atoms with Gasteiger partial charge in [-0.1, -0.05) is 66.4 Å². The Labute approximate surface area is 168 Å². The Bertz CT molecular complexity index is 1020. The van der Waals surface area contributed by atoms with E-state index in [1.54, 1.807) is 11.3 Å². The molecule has 27 heavy (non-hydrogen) atoms. The second-order valence-electron chi connectivity index (χ2n) is 5.97. The van der Waals surface area contributed by atoms with Crippen LogP contribution >= 0.6 is 23.1 Å². The van der Waals surface area contributed by atoms with Crippen molar-refractivity contribution in [3.8, 4) is 0 Å². The van der Waals surface area contributed by atoms with Crippen LogP contribution in [0.5, 0.6) is 0 Å². The lowest BCUT2D eigenvalue weighted by molar-refractivity contribution is 1.00. The molecule has 0 atom stereocenters. The van der Waals surface area contributed by atoms with Gasteiger partial charge in [-0.2, -0.15) is 0 Å². The highest BCUT2D eigenvalue weighted by Crippen LogP contribution is 2.45. The van der Waals surface area contributed by atoms with Crippen molar-refractivity contribution in [2.75, 3.05) is 11.4 Å². The maximum Gasteiger partial charge on any atom is 0.117 e. The number of para-hydroxylation sites is 2. The number of fused-ring (bicyclic) bond motifs is 2. The van der Waals surface area contributed by atoms with Crippen molar-refractivity contribution < 1.29 is 0 Å². The first-order valence-corrected chi connectivity index (χ1v) is 10.6. The summed E-state index contributed by atoms with van der Waals surface area (Å²) in [6, 6.07) is 16.8. The van der Waals surface area contributed by atoms with Gasteiger partial charge >= 0.3 is 0 Å². The van der Waals surface area contributed by atoms with Crippen LogP contribution in [0.1, 0.15) is 11.9 Å². The molecule has 2 aromatic carbocycles. The van der Waals surface area contributed by atoms with Crippen molar-refractivity contribution >= 4 is 45.1 Å². The topological polar surface area (TPSA) is 16.1 Å². The molecule has 0 bridgehead atoms. The molecule has 4 heteroatoms. The number of allylic oxidation sites excluding steroid dienone is 6. The summed E-state index contributed by atoms with van der Waals surface area (Å²) in [6.45, 7) is 3.16. The molecule has 2 nitrogen and oxygen atoms in total. The lowest BCUT2D eigenvalue weighted by Gasteiger charge is -2.17. The fourth-order valence-electron chi connectivity index (χ4n) is 2.93. The number of anilines is 1. The van der Waals surface area contributed by atoms with E-state index in [2.05, 4.69) is 71.4 Å². The van der Waals surface area contributed by atoms with E-state index < -0.39 is 0 Å². The molecule has 4 rings (SSSR count). The summed E-state index contributed by atoms with van der Waals surface area (Å²) >= 11 is 3.54. The normalized spacial score (nSPS) is 15.9. The number of hydrogen-bond acceptors (Lipinski definition) is 4. The van der Waals surface area contributed by atoms with Gasteiger partial charge in [0.2, 0.25) is 0 Å². The quantitative estimate of drug-likeness (QED) is 0.442. The van der Waals surface area contributed by atoms with Gasteiger partial charge in [0.15, 0.2) is 0 Å². The highest BCUT2D eigenvalue weighted by atomic mass is 32.2. The molecule has 3 aromatic rings. The maximum atomic E-state index is 4.60. The van der Waals surface area contributed by atoms with E-state index in [1.807, 2.05) is 48.2 Å². The van der Waals surface area contributed by atoms with Crippen molar-refractivity contribution in [3.63, 3.8) is 0 Å². The van der Waals surface area contributed by atoms with Crippen molar-refractivity contribution in [1.82, 2.24) is 4.98 Å². The molecule has 0 radical (unpaired) electrons. The van der Waals surface area contributed by atoms with Crippen LogP contribution in [-0.2, 0) is 0 Å². The summed E-state index contributed by atoms with van der Waals surface area (Å²) in [5.41, 5.74) is 2.37. The molecule has 0 saturated carbocycles. The molecule has 0 spiro atoms. The van der Waals surface area contributed by atoms with Gasteiger partial charge in [0, 0.05) is 11.4 Å². The van der Waals surface area contributed by atoms with Gasteiger partial charge in [-0.15, -0.1) is 11.3 Å². The van der Waals surface area contributed by atoms with Crippen LogP contribution in [0.3, 0.4) is 0 Å². The van der Waals surface area contributed by atoms with Crippen LogP contribution in [0.25, 0.3) is 16.3 Å². The van der Waals surface area contributed by atoms with Gasteiger partial charge in [-0.3, -0.25) is 0 Å². The predicted octanol–water partition coefficient (Wildman–Crippen LogP) is 6.90.